The Bertz CT molecular complexity index is 1400. The highest BCUT2D eigenvalue weighted by Crippen LogP contribution is 2.34. The molecule has 1 aromatic heterocycles. The second-order valence-electron chi connectivity index (χ2n) is 8.75. The van der Waals surface area contributed by atoms with Crippen LogP contribution in [0.1, 0.15) is 36.8 Å². The van der Waals surface area contributed by atoms with Gasteiger partial charge in [0.15, 0.2) is 0 Å². The molecule has 0 saturated carbocycles. The van der Waals surface area contributed by atoms with Crippen molar-refractivity contribution in [1.82, 2.24) is 4.98 Å². The molecule has 4 N–H and O–H groups in total. The molecule has 0 unspecified atom stereocenters. The number of hydrogen-bond acceptors (Lipinski definition) is 3. The summed E-state index contributed by atoms with van der Waals surface area (Å²) < 4.78 is 28.6. The molecule has 0 saturated heterocycles. The van der Waals surface area contributed by atoms with Crippen LogP contribution in [0, 0.1) is 0 Å². The molecule has 0 radical (unpaired) electrons. The topological polar surface area (TPSA) is 105 Å². The molecule has 32 heavy (non-hydrogen) atoms. The number of amides is 1. The van der Waals surface area contributed by atoms with Gasteiger partial charge < -0.3 is 10.7 Å². The Balaban J connectivity index is 1.75. The molecule has 7 heteroatoms. The number of fused-ring (bicyclic) bond motifs is 1. The van der Waals surface area contributed by atoms with Gasteiger partial charge in [0, 0.05) is 22.2 Å². The number of H-pyrrole nitrogens is 1. The van der Waals surface area contributed by atoms with Gasteiger partial charge in [0.2, 0.25) is 0 Å². The lowest BCUT2D eigenvalue weighted by atomic mass is 9.87. The highest BCUT2D eigenvalue weighted by molar-refractivity contribution is 7.92. The molecule has 0 aliphatic rings. The lowest BCUT2D eigenvalue weighted by Gasteiger charge is -2.19. The summed E-state index contributed by atoms with van der Waals surface area (Å²) in [6, 6.07) is 21.3. The molecular weight excluding hydrogens is 422 g/mol. The SMILES string of the molecule is CC(C)(C)c1ccc(S(=O)(=O)Nc2ccc3[nH]c(C(N)=O)c(-c4ccccc4)c3c2)cc1. The van der Waals surface area contributed by atoms with E-state index < -0.39 is 15.9 Å². The zero-order valence-electron chi connectivity index (χ0n) is 18.1. The van der Waals surface area contributed by atoms with Gasteiger partial charge in [0.25, 0.3) is 15.9 Å². The Morgan fingerprint density at radius 1 is 0.938 bits per heavy atom. The van der Waals surface area contributed by atoms with Gasteiger partial charge in [-0.05, 0) is 46.9 Å². The van der Waals surface area contributed by atoms with E-state index in [1.807, 2.05) is 42.5 Å². The van der Waals surface area contributed by atoms with Crippen molar-refractivity contribution in [1.29, 1.82) is 0 Å². The van der Waals surface area contributed by atoms with Crippen molar-refractivity contribution in [2.45, 2.75) is 31.1 Å². The lowest BCUT2D eigenvalue weighted by molar-refractivity contribution is 0.0997. The van der Waals surface area contributed by atoms with Gasteiger partial charge >= 0.3 is 0 Å². The van der Waals surface area contributed by atoms with Crippen molar-refractivity contribution in [3.8, 4) is 11.1 Å². The summed E-state index contributed by atoms with van der Waals surface area (Å²) in [5, 5.41) is 0.702. The number of aromatic amines is 1. The number of primary amides is 1. The number of hydrogen-bond donors (Lipinski definition) is 3. The van der Waals surface area contributed by atoms with Crippen LogP contribution in [-0.4, -0.2) is 19.3 Å². The summed E-state index contributed by atoms with van der Waals surface area (Å²) in [7, 11) is -3.78. The van der Waals surface area contributed by atoms with Crippen LogP contribution < -0.4 is 10.5 Å². The Kier molecular flexibility index (Phi) is 5.30. The fraction of sp³-hybridized carbons (Fsp3) is 0.160. The number of carbonyl (C=O) groups is 1. The fourth-order valence-electron chi connectivity index (χ4n) is 3.69. The summed E-state index contributed by atoms with van der Waals surface area (Å²) in [5.41, 5.74) is 9.39. The van der Waals surface area contributed by atoms with Gasteiger partial charge in [0.1, 0.15) is 5.69 Å². The quantitative estimate of drug-likeness (QED) is 0.399. The highest BCUT2D eigenvalue weighted by Gasteiger charge is 2.20. The first-order chi connectivity index (χ1) is 15.1. The third kappa shape index (κ3) is 4.11. The highest BCUT2D eigenvalue weighted by atomic mass is 32.2. The van der Waals surface area contributed by atoms with Gasteiger partial charge in [-0.2, -0.15) is 0 Å². The molecule has 0 aliphatic carbocycles. The number of sulfonamides is 1. The van der Waals surface area contributed by atoms with Crippen LogP contribution in [0.25, 0.3) is 22.0 Å². The number of anilines is 1. The zero-order valence-corrected chi connectivity index (χ0v) is 19.0. The predicted molar refractivity (Wildman–Crippen MR) is 128 cm³/mol. The normalized spacial score (nSPS) is 12.1. The first-order valence-corrected chi connectivity index (χ1v) is 11.7. The maximum atomic E-state index is 13.0. The number of aromatic nitrogens is 1. The molecule has 0 fully saturated rings. The minimum atomic E-state index is -3.78. The van der Waals surface area contributed by atoms with E-state index in [1.165, 1.54) is 0 Å². The number of rotatable bonds is 5. The summed E-state index contributed by atoms with van der Waals surface area (Å²) >= 11 is 0. The molecule has 0 aliphatic heterocycles. The Morgan fingerprint density at radius 3 is 2.19 bits per heavy atom. The van der Waals surface area contributed by atoms with Crippen molar-refractivity contribution < 1.29 is 13.2 Å². The summed E-state index contributed by atoms with van der Waals surface area (Å²) in [6.45, 7) is 6.22. The summed E-state index contributed by atoms with van der Waals surface area (Å²) in [4.78, 5) is 15.3. The van der Waals surface area contributed by atoms with Crippen LogP contribution in [0.4, 0.5) is 5.69 Å². The van der Waals surface area contributed by atoms with Crippen LogP contribution in [0.3, 0.4) is 0 Å². The molecule has 164 valence electrons. The monoisotopic (exact) mass is 447 g/mol. The van der Waals surface area contributed by atoms with E-state index >= 15 is 0 Å². The number of nitrogens with one attached hydrogen (secondary N) is 2. The molecule has 4 rings (SSSR count). The van der Waals surface area contributed by atoms with E-state index in [4.69, 9.17) is 5.73 Å². The van der Waals surface area contributed by atoms with E-state index in [0.29, 0.717) is 22.2 Å². The average molecular weight is 448 g/mol. The second-order valence-corrected chi connectivity index (χ2v) is 10.4. The van der Waals surface area contributed by atoms with Crippen LogP contribution >= 0.6 is 0 Å². The number of nitrogens with two attached hydrogens (primary N) is 1. The molecule has 0 spiro atoms. The van der Waals surface area contributed by atoms with Crippen molar-refractivity contribution in [2.24, 2.45) is 5.73 Å². The fourth-order valence-corrected chi connectivity index (χ4v) is 4.74. The Labute approximate surface area is 187 Å². The zero-order chi connectivity index (χ0) is 23.1. The maximum Gasteiger partial charge on any atom is 0.265 e. The third-order valence-electron chi connectivity index (χ3n) is 5.39. The van der Waals surface area contributed by atoms with E-state index in [9.17, 15) is 13.2 Å². The van der Waals surface area contributed by atoms with Gasteiger partial charge in [-0.25, -0.2) is 8.42 Å². The van der Waals surface area contributed by atoms with Crippen LogP contribution in [0.5, 0.6) is 0 Å². The summed E-state index contributed by atoms with van der Waals surface area (Å²) in [5.74, 6) is -0.582. The molecule has 0 atom stereocenters. The van der Waals surface area contributed by atoms with Gasteiger partial charge in [-0.3, -0.25) is 9.52 Å². The van der Waals surface area contributed by atoms with Crippen molar-refractivity contribution in [2.75, 3.05) is 4.72 Å². The number of benzene rings is 3. The van der Waals surface area contributed by atoms with Crippen LogP contribution in [0.15, 0.2) is 77.7 Å². The van der Waals surface area contributed by atoms with E-state index in [1.54, 1.807) is 30.3 Å². The first kappa shape index (κ1) is 21.6. The minimum Gasteiger partial charge on any atom is -0.364 e. The lowest BCUT2D eigenvalue weighted by Crippen LogP contribution is -2.14. The molecular formula is C25H25N3O3S. The number of carbonyl (C=O) groups excluding carboxylic acids is 1. The first-order valence-electron chi connectivity index (χ1n) is 10.2. The van der Waals surface area contributed by atoms with E-state index in [0.717, 1.165) is 11.1 Å². The van der Waals surface area contributed by atoms with E-state index in [-0.39, 0.29) is 16.0 Å². The standard InChI is InChI=1S/C25H25N3O3S/c1-25(2,3)17-9-12-19(13-10-17)32(30,31)28-18-11-14-21-20(15-18)22(23(27-21)24(26)29)16-7-5-4-6-8-16/h4-15,27-28H,1-3H3,(H2,26,29). The molecule has 1 amide bonds. The Morgan fingerprint density at radius 2 is 1.59 bits per heavy atom. The van der Waals surface area contributed by atoms with E-state index in [2.05, 4.69) is 30.5 Å². The minimum absolute atomic E-state index is 0.0684. The predicted octanol–water partition coefficient (Wildman–Crippen LogP) is 5.03. The summed E-state index contributed by atoms with van der Waals surface area (Å²) in [6.07, 6.45) is 0. The van der Waals surface area contributed by atoms with Crippen molar-refractivity contribution in [3.63, 3.8) is 0 Å². The van der Waals surface area contributed by atoms with Crippen molar-refractivity contribution >= 4 is 32.5 Å². The smallest absolute Gasteiger partial charge is 0.265 e. The molecule has 1 heterocycles. The average Bonchev–Trinajstić information content (AvgIpc) is 3.13. The Hall–Kier alpha value is -3.58. The van der Waals surface area contributed by atoms with Gasteiger partial charge in [0.05, 0.1) is 4.90 Å². The van der Waals surface area contributed by atoms with Crippen LogP contribution in [0.2, 0.25) is 0 Å². The van der Waals surface area contributed by atoms with Crippen molar-refractivity contribution in [3.05, 3.63) is 84.1 Å². The molecule has 6 nitrogen and oxygen atoms in total. The van der Waals surface area contributed by atoms with Gasteiger partial charge in [-0.1, -0.05) is 63.2 Å². The third-order valence-corrected chi connectivity index (χ3v) is 6.79. The van der Waals surface area contributed by atoms with Gasteiger partial charge in [-0.15, -0.1) is 0 Å². The maximum absolute atomic E-state index is 13.0. The molecule has 3 aromatic carbocycles. The second kappa shape index (κ2) is 7.84. The van der Waals surface area contributed by atoms with Crippen LogP contribution in [-0.2, 0) is 15.4 Å². The largest absolute Gasteiger partial charge is 0.364 e. The molecule has 4 aromatic rings. The molecule has 0 bridgehead atoms.